The molecule has 2 atom stereocenters. The lowest BCUT2D eigenvalue weighted by Gasteiger charge is -2.35. The highest BCUT2D eigenvalue weighted by atomic mass is 32.2. The van der Waals surface area contributed by atoms with Gasteiger partial charge in [0.15, 0.2) is 0 Å². The van der Waals surface area contributed by atoms with E-state index in [1.165, 1.54) is 0 Å². The maximum atomic E-state index is 11.7. The first-order chi connectivity index (χ1) is 10.3. The van der Waals surface area contributed by atoms with E-state index in [4.69, 9.17) is 5.14 Å². The molecule has 23 heavy (non-hydrogen) atoms. The predicted octanol–water partition coefficient (Wildman–Crippen LogP) is 3.75. The molecule has 1 rings (SSSR count). The van der Waals surface area contributed by atoms with Gasteiger partial charge in [0.05, 0.1) is 4.90 Å². The Labute approximate surface area is 141 Å². The number of rotatable bonds is 6. The van der Waals surface area contributed by atoms with Gasteiger partial charge < -0.3 is 5.32 Å². The zero-order valence-corrected chi connectivity index (χ0v) is 16.3. The Bertz CT molecular complexity index is 631. The highest BCUT2D eigenvalue weighted by Crippen LogP contribution is 2.28. The van der Waals surface area contributed by atoms with Crippen LogP contribution < -0.4 is 10.5 Å². The fraction of sp³-hybridized carbons (Fsp3) is 0.667. The molecule has 0 aliphatic carbocycles. The summed E-state index contributed by atoms with van der Waals surface area (Å²) in [5.74, 6) is 0.594. The minimum Gasteiger partial charge on any atom is -0.307 e. The lowest BCUT2D eigenvalue weighted by molar-refractivity contribution is 0.218. The summed E-state index contributed by atoms with van der Waals surface area (Å²) in [6.07, 6.45) is 1.07. The average molecular weight is 341 g/mol. The third kappa shape index (κ3) is 5.90. The quantitative estimate of drug-likeness (QED) is 0.828. The van der Waals surface area contributed by atoms with E-state index in [2.05, 4.69) is 46.9 Å². The molecule has 132 valence electrons. The topological polar surface area (TPSA) is 72.2 Å². The summed E-state index contributed by atoms with van der Waals surface area (Å²) in [4.78, 5) is 0.208. The van der Waals surface area contributed by atoms with E-state index in [1.807, 2.05) is 12.1 Å². The molecule has 1 aromatic carbocycles. The largest absolute Gasteiger partial charge is 0.307 e. The van der Waals surface area contributed by atoms with Gasteiger partial charge in [0.25, 0.3) is 0 Å². The van der Waals surface area contributed by atoms with Crippen LogP contribution >= 0.6 is 0 Å². The van der Waals surface area contributed by atoms with Crippen LogP contribution in [-0.4, -0.2) is 14.5 Å². The fourth-order valence-corrected chi connectivity index (χ4v) is 3.55. The van der Waals surface area contributed by atoms with Gasteiger partial charge in [-0.3, -0.25) is 0 Å². The van der Waals surface area contributed by atoms with Crippen LogP contribution in [0.3, 0.4) is 0 Å². The molecule has 1 aromatic rings. The normalized spacial score (nSPS) is 15.7. The standard InChI is InChI=1S/C18H32N2O2S/c1-12(2)10-17(18(5,6)7)20-14(4)15-9-8-13(3)16(11-15)23(19,21)22/h8-9,11-12,14,17,20H,10H2,1-7H3,(H2,19,21,22)/t14-,17-/m1/s1. The van der Waals surface area contributed by atoms with Gasteiger partial charge in [-0.1, -0.05) is 46.8 Å². The van der Waals surface area contributed by atoms with Crippen LogP contribution in [0.5, 0.6) is 0 Å². The van der Waals surface area contributed by atoms with Crippen LogP contribution in [0.1, 0.15) is 65.1 Å². The van der Waals surface area contributed by atoms with Gasteiger partial charge in [-0.25, -0.2) is 13.6 Å². The van der Waals surface area contributed by atoms with Crippen molar-refractivity contribution in [1.82, 2.24) is 5.32 Å². The monoisotopic (exact) mass is 340 g/mol. The molecule has 3 N–H and O–H groups in total. The molecule has 0 saturated heterocycles. The summed E-state index contributed by atoms with van der Waals surface area (Å²) in [7, 11) is -3.69. The summed E-state index contributed by atoms with van der Waals surface area (Å²) < 4.78 is 23.4. The second kappa shape index (κ2) is 7.32. The number of nitrogens with two attached hydrogens (primary N) is 1. The number of primary sulfonamides is 1. The second-order valence-corrected chi connectivity index (χ2v) is 9.54. The van der Waals surface area contributed by atoms with E-state index >= 15 is 0 Å². The first-order valence-electron chi connectivity index (χ1n) is 8.21. The fourth-order valence-electron chi connectivity index (χ4n) is 2.73. The van der Waals surface area contributed by atoms with E-state index in [0.29, 0.717) is 17.5 Å². The Kier molecular flexibility index (Phi) is 6.41. The molecule has 0 aromatic heterocycles. The highest BCUT2D eigenvalue weighted by molar-refractivity contribution is 7.89. The van der Waals surface area contributed by atoms with Crippen molar-refractivity contribution >= 4 is 10.0 Å². The molecule has 0 saturated carbocycles. The van der Waals surface area contributed by atoms with E-state index in [1.54, 1.807) is 13.0 Å². The number of nitrogens with one attached hydrogen (secondary N) is 1. The maximum Gasteiger partial charge on any atom is 0.238 e. The molecule has 4 nitrogen and oxygen atoms in total. The first-order valence-corrected chi connectivity index (χ1v) is 9.76. The Morgan fingerprint density at radius 3 is 2.17 bits per heavy atom. The summed E-state index contributed by atoms with van der Waals surface area (Å²) in [5, 5.41) is 8.98. The summed E-state index contributed by atoms with van der Waals surface area (Å²) in [6.45, 7) is 14.9. The number of hydrogen-bond donors (Lipinski definition) is 2. The van der Waals surface area contributed by atoms with Crippen molar-refractivity contribution in [2.45, 2.75) is 71.9 Å². The van der Waals surface area contributed by atoms with Crippen molar-refractivity contribution in [2.24, 2.45) is 16.5 Å². The number of hydrogen-bond acceptors (Lipinski definition) is 3. The summed E-state index contributed by atoms with van der Waals surface area (Å²) >= 11 is 0. The van der Waals surface area contributed by atoms with Crippen LogP contribution in [0.4, 0.5) is 0 Å². The van der Waals surface area contributed by atoms with Crippen molar-refractivity contribution in [3.8, 4) is 0 Å². The van der Waals surface area contributed by atoms with E-state index in [9.17, 15) is 8.42 Å². The minimum atomic E-state index is -3.69. The molecule has 0 aliphatic heterocycles. The second-order valence-electron chi connectivity index (χ2n) is 8.01. The molecule has 0 fully saturated rings. The highest BCUT2D eigenvalue weighted by Gasteiger charge is 2.27. The predicted molar refractivity (Wildman–Crippen MR) is 96.8 cm³/mol. The van der Waals surface area contributed by atoms with Crippen molar-refractivity contribution in [1.29, 1.82) is 0 Å². The number of aryl methyl sites for hydroxylation is 1. The van der Waals surface area contributed by atoms with Crippen LogP contribution in [0.15, 0.2) is 23.1 Å². The maximum absolute atomic E-state index is 11.7. The van der Waals surface area contributed by atoms with Gasteiger partial charge in [0, 0.05) is 12.1 Å². The van der Waals surface area contributed by atoms with Gasteiger partial charge in [0.1, 0.15) is 0 Å². The van der Waals surface area contributed by atoms with Crippen LogP contribution in [0, 0.1) is 18.3 Å². The third-order valence-corrected chi connectivity index (χ3v) is 5.28. The van der Waals surface area contributed by atoms with Crippen molar-refractivity contribution in [3.05, 3.63) is 29.3 Å². The Morgan fingerprint density at radius 2 is 1.74 bits per heavy atom. The molecule has 0 unspecified atom stereocenters. The van der Waals surface area contributed by atoms with Gasteiger partial charge in [-0.05, 0) is 48.8 Å². The Morgan fingerprint density at radius 1 is 1.17 bits per heavy atom. The molecular formula is C18H32N2O2S. The number of benzene rings is 1. The van der Waals surface area contributed by atoms with E-state index in [0.717, 1.165) is 12.0 Å². The van der Waals surface area contributed by atoms with Crippen LogP contribution in [-0.2, 0) is 10.0 Å². The molecule has 0 heterocycles. The molecule has 0 amide bonds. The van der Waals surface area contributed by atoms with Gasteiger partial charge >= 0.3 is 0 Å². The van der Waals surface area contributed by atoms with Crippen LogP contribution in [0.25, 0.3) is 0 Å². The van der Waals surface area contributed by atoms with Crippen molar-refractivity contribution in [2.75, 3.05) is 0 Å². The van der Waals surface area contributed by atoms with Gasteiger partial charge in [-0.15, -0.1) is 0 Å². The molecule has 5 heteroatoms. The van der Waals surface area contributed by atoms with Gasteiger partial charge in [-0.2, -0.15) is 0 Å². The van der Waals surface area contributed by atoms with Crippen molar-refractivity contribution < 1.29 is 8.42 Å². The Hall–Kier alpha value is -0.910. The summed E-state index contributed by atoms with van der Waals surface area (Å²) in [5.41, 5.74) is 1.75. The van der Waals surface area contributed by atoms with Crippen LogP contribution in [0.2, 0.25) is 0 Å². The number of sulfonamides is 1. The first kappa shape index (κ1) is 20.1. The molecular weight excluding hydrogens is 308 g/mol. The minimum absolute atomic E-state index is 0.0547. The lowest BCUT2D eigenvalue weighted by Crippen LogP contribution is -2.42. The Balaban J connectivity index is 3.07. The average Bonchev–Trinajstić information content (AvgIpc) is 2.35. The molecule has 0 spiro atoms. The SMILES string of the molecule is Cc1ccc([C@@H](C)N[C@H](CC(C)C)C(C)(C)C)cc1S(N)(=O)=O. The van der Waals surface area contributed by atoms with Crippen molar-refractivity contribution in [3.63, 3.8) is 0 Å². The van der Waals surface area contributed by atoms with E-state index < -0.39 is 10.0 Å². The molecule has 0 bridgehead atoms. The van der Waals surface area contributed by atoms with E-state index in [-0.39, 0.29) is 16.4 Å². The zero-order valence-electron chi connectivity index (χ0n) is 15.5. The molecule has 0 aliphatic rings. The zero-order chi connectivity index (χ0) is 18.0. The molecule has 0 radical (unpaired) electrons. The lowest BCUT2D eigenvalue weighted by atomic mass is 9.81. The smallest absolute Gasteiger partial charge is 0.238 e. The third-order valence-electron chi connectivity index (χ3n) is 4.22. The van der Waals surface area contributed by atoms with Gasteiger partial charge in [0.2, 0.25) is 10.0 Å². The summed E-state index contributed by atoms with van der Waals surface area (Å²) in [6, 6.07) is 5.88.